The second kappa shape index (κ2) is 21.9. The lowest BCUT2D eigenvalue weighted by molar-refractivity contribution is -0.144. The Hall–Kier alpha value is -6.72. The maximum Gasteiger partial charge on any atom is 0.433 e. The summed E-state index contributed by atoms with van der Waals surface area (Å²) in [4.78, 5) is 58.8. The van der Waals surface area contributed by atoms with Crippen molar-refractivity contribution in [1.29, 1.82) is 0 Å². The van der Waals surface area contributed by atoms with Crippen LogP contribution in [0.5, 0.6) is 0 Å². The molecule has 358 valence electrons. The first-order valence-corrected chi connectivity index (χ1v) is 23.1. The van der Waals surface area contributed by atoms with Gasteiger partial charge < -0.3 is 30.4 Å². The van der Waals surface area contributed by atoms with E-state index in [2.05, 4.69) is 32.0 Å². The summed E-state index contributed by atoms with van der Waals surface area (Å²) in [7, 11) is 0. The number of halogens is 3. The van der Waals surface area contributed by atoms with E-state index in [1.54, 1.807) is 45.3 Å². The highest BCUT2D eigenvalue weighted by Crippen LogP contribution is 2.36. The van der Waals surface area contributed by atoms with E-state index in [1.807, 2.05) is 35.1 Å². The molecule has 0 bridgehead atoms. The van der Waals surface area contributed by atoms with Gasteiger partial charge in [0.25, 0.3) is 17.4 Å². The summed E-state index contributed by atoms with van der Waals surface area (Å²) in [5, 5.41) is 25.8. The SMILES string of the molecule is CCOC(=O)Cn1cc(NC(=O)c2cc(CCCCCCNCC3CCC(n4cc5cc(NC(=O)c6cccc(C(F)(F)F)n6)c(C(C)(C)O)cc5n4)CC3)cc(-c3cccnc3)c2)ccc1=O. The van der Waals surface area contributed by atoms with Crippen LogP contribution < -0.4 is 21.5 Å². The normalized spacial score (nSPS) is 15.3. The van der Waals surface area contributed by atoms with Crippen molar-refractivity contribution in [3.05, 3.63) is 136 Å². The molecule has 7 rings (SSSR count). The number of unbranched alkanes of at least 4 members (excludes halogenated alkanes) is 3. The van der Waals surface area contributed by atoms with E-state index in [9.17, 15) is 37.5 Å². The topological polar surface area (TPSA) is 182 Å². The maximum atomic E-state index is 13.6. The number of ether oxygens (including phenoxy) is 1. The largest absolute Gasteiger partial charge is 0.465 e. The number of nitrogens with zero attached hydrogens (tertiary/aromatic N) is 5. The van der Waals surface area contributed by atoms with Gasteiger partial charge in [-0.2, -0.15) is 18.3 Å². The van der Waals surface area contributed by atoms with Crippen molar-refractivity contribution in [1.82, 2.24) is 29.6 Å². The van der Waals surface area contributed by atoms with Crippen molar-refractivity contribution in [3.63, 3.8) is 0 Å². The van der Waals surface area contributed by atoms with E-state index in [0.717, 1.165) is 105 Å². The number of carbonyl (C=O) groups is 3. The molecule has 4 heterocycles. The average molecular weight is 935 g/mol. The lowest BCUT2D eigenvalue weighted by Gasteiger charge is -2.28. The fourth-order valence-electron chi connectivity index (χ4n) is 8.59. The van der Waals surface area contributed by atoms with Gasteiger partial charge in [-0.3, -0.25) is 28.8 Å². The zero-order valence-corrected chi connectivity index (χ0v) is 38.4. The van der Waals surface area contributed by atoms with Gasteiger partial charge in [-0.1, -0.05) is 31.0 Å². The number of alkyl halides is 3. The summed E-state index contributed by atoms with van der Waals surface area (Å²) in [6, 6.07) is 19.2. The molecule has 0 radical (unpaired) electrons. The molecule has 4 N–H and O–H groups in total. The summed E-state index contributed by atoms with van der Waals surface area (Å²) in [6.07, 6.45) is 11.0. The molecule has 14 nitrogen and oxygen atoms in total. The second-order valence-electron chi connectivity index (χ2n) is 17.8. The van der Waals surface area contributed by atoms with Crippen LogP contribution in [0.2, 0.25) is 0 Å². The Bertz CT molecular complexity index is 2780. The molecule has 1 saturated carbocycles. The van der Waals surface area contributed by atoms with Gasteiger partial charge in [0, 0.05) is 58.6 Å². The molecule has 0 atom stereocenters. The fraction of sp³-hybridized carbons (Fsp3) is 0.392. The Morgan fingerprint density at radius 1 is 0.868 bits per heavy atom. The van der Waals surface area contributed by atoms with Gasteiger partial charge >= 0.3 is 12.1 Å². The van der Waals surface area contributed by atoms with Gasteiger partial charge in [0.15, 0.2) is 0 Å². The van der Waals surface area contributed by atoms with Crippen molar-refractivity contribution < 1.29 is 37.4 Å². The molecule has 2 aromatic carbocycles. The van der Waals surface area contributed by atoms with Crippen LogP contribution in [-0.2, 0) is 34.3 Å². The summed E-state index contributed by atoms with van der Waals surface area (Å²) in [6.45, 7) is 6.62. The molecule has 1 aliphatic carbocycles. The van der Waals surface area contributed by atoms with Gasteiger partial charge in [0.2, 0.25) is 0 Å². The van der Waals surface area contributed by atoms with E-state index >= 15 is 0 Å². The number of nitrogens with one attached hydrogen (secondary N) is 3. The first-order chi connectivity index (χ1) is 32.5. The predicted octanol–water partition coefficient (Wildman–Crippen LogP) is 9.09. The smallest absolute Gasteiger partial charge is 0.433 e. The average Bonchev–Trinajstić information content (AvgIpc) is 3.74. The number of aromatic nitrogens is 5. The summed E-state index contributed by atoms with van der Waals surface area (Å²) in [5.74, 6) is -1.16. The third-order valence-corrected chi connectivity index (χ3v) is 12.1. The Balaban J connectivity index is 0.865. The molecule has 0 unspecified atom stereocenters. The molecule has 6 aromatic rings. The van der Waals surface area contributed by atoms with Crippen LogP contribution in [0.3, 0.4) is 0 Å². The van der Waals surface area contributed by atoms with Crippen LogP contribution in [0.1, 0.15) is 116 Å². The van der Waals surface area contributed by atoms with Crippen LogP contribution in [0.15, 0.2) is 102 Å². The number of esters is 1. The van der Waals surface area contributed by atoms with E-state index in [-0.39, 0.29) is 36.3 Å². The predicted molar refractivity (Wildman–Crippen MR) is 253 cm³/mol. The molecule has 0 saturated heterocycles. The lowest BCUT2D eigenvalue weighted by Crippen LogP contribution is -2.28. The number of aryl methyl sites for hydroxylation is 1. The zero-order chi connectivity index (χ0) is 48.4. The summed E-state index contributed by atoms with van der Waals surface area (Å²) < 4.78 is 47.9. The summed E-state index contributed by atoms with van der Waals surface area (Å²) >= 11 is 0. The van der Waals surface area contributed by atoms with Gasteiger partial charge in [-0.15, -0.1) is 0 Å². The van der Waals surface area contributed by atoms with Crippen molar-refractivity contribution in [2.45, 2.75) is 103 Å². The number of carbonyl (C=O) groups excluding carboxylic acids is 3. The quantitative estimate of drug-likeness (QED) is 0.0452. The number of hydrogen-bond acceptors (Lipinski definition) is 10. The second-order valence-corrected chi connectivity index (χ2v) is 17.8. The molecule has 2 amide bonds. The minimum atomic E-state index is -4.70. The highest BCUT2D eigenvalue weighted by atomic mass is 19.4. The number of amides is 2. The molecule has 0 aliphatic heterocycles. The summed E-state index contributed by atoms with van der Waals surface area (Å²) in [5.41, 5.74) is 1.60. The van der Waals surface area contributed by atoms with E-state index in [0.29, 0.717) is 28.2 Å². The van der Waals surface area contributed by atoms with Crippen LogP contribution in [0, 0.1) is 5.92 Å². The third-order valence-electron chi connectivity index (χ3n) is 12.1. The van der Waals surface area contributed by atoms with Crippen LogP contribution in [0.25, 0.3) is 22.0 Å². The van der Waals surface area contributed by atoms with Gasteiger partial charge in [0.05, 0.1) is 29.5 Å². The number of anilines is 2. The third kappa shape index (κ3) is 13.0. The monoisotopic (exact) mass is 934 g/mol. The molecule has 1 fully saturated rings. The highest BCUT2D eigenvalue weighted by molar-refractivity contribution is 6.05. The first kappa shape index (κ1) is 49.2. The lowest BCUT2D eigenvalue weighted by atomic mass is 9.86. The Kier molecular flexibility index (Phi) is 15.9. The number of rotatable bonds is 19. The van der Waals surface area contributed by atoms with E-state index in [4.69, 9.17) is 9.84 Å². The van der Waals surface area contributed by atoms with Gasteiger partial charge in [-0.05, 0) is 144 Å². The van der Waals surface area contributed by atoms with Crippen LogP contribution in [0.4, 0.5) is 24.5 Å². The van der Waals surface area contributed by atoms with E-state index in [1.165, 1.54) is 29.0 Å². The molecule has 68 heavy (non-hydrogen) atoms. The number of aliphatic hydroxyl groups is 1. The Labute approximate surface area is 392 Å². The number of fused-ring (bicyclic) bond motifs is 1. The van der Waals surface area contributed by atoms with Crippen molar-refractivity contribution in [3.8, 4) is 11.1 Å². The fourth-order valence-corrected chi connectivity index (χ4v) is 8.59. The van der Waals surface area contributed by atoms with Gasteiger partial charge in [0.1, 0.15) is 17.9 Å². The molecule has 1 aliphatic rings. The molecule has 4 aromatic heterocycles. The minimum Gasteiger partial charge on any atom is -0.465 e. The molecular weight excluding hydrogens is 878 g/mol. The molecule has 0 spiro atoms. The maximum absolute atomic E-state index is 13.6. The molecule has 17 heteroatoms. The van der Waals surface area contributed by atoms with Crippen LogP contribution in [-0.4, -0.2) is 66.9 Å². The molecular formula is C51H57F3N8O6. The zero-order valence-electron chi connectivity index (χ0n) is 38.4. The van der Waals surface area contributed by atoms with Crippen molar-refractivity contribution >= 4 is 40.1 Å². The minimum absolute atomic E-state index is 0.181. The number of hydrogen-bond donors (Lipinski definition) is 4. The Morgan fingerprint density at radius 3 is 2.40 bits per heavy atom. The van der Waals surface area contributed by atoms with E-state index < -0.39 is 35.0 Å². The van der Waals surface area contributed by atoms with Crippen molar-refractivity contribution in [2.24, 2.45) is 5.92 Å². The Morgan fingerprint density at radius 2 is 1.66 bits per heavy atom. The van der Waals surface area contributed by atoms with Crippen molar-refractivity contribution in [2.75, 3.05) is 30.3 Å². The van der Waals surface area contributed by atoms with Crippen LogP contribution >= 0.6 is 0 Å². The number of benzene rings is 2. The number of pyridine rings is 3. The standard InChI is InChI=1S/C51H57F3N8O6/c1-4-68-47(64)32-61-31-39(17-20-46(61)63)57-48(65)37-24-34(23-36(25-37)35-12-10-22-56-29-35)11-7-5-6-8-21-55-28-33-15-18-40(19-16-33)62-30-38-26-44(41(50(2,3)67)27-43(38)60-62)59-49(66)42-13-9-14-45(58-42)51(52,53)54/h9-10,12-14,17,20,22-27,29-31,33,40,55,67H,4-8,11,15-16,18-19,21,28,32H2,1-3H3,(H,57,65)(H,59,66). The highest BCUT2D eigenvalue weighted by Gasteiger charge is 2.33. The van der Waals surface area contributed by atoms with Gasteiger partial charge in [-0.25, -0.2) is 4.98 Å². The first-order valence-electron chi connectivity index (χ1n) is 23.1.